The number of aromatic nitrogens is 2. The minimum Gasteiger partial charge on any atom is -0.400 e. The summed E-state index contributed by atoms with van der Waals surface area (Å²) in [6.07, 6.45) is 3.64. The Balaban J connectivity index is 0.00000133. The van der Waals surface area contributed by atoms with Gasteiger partial charge >= 0.3 is 6.03 Å². The predicted molar refractivity (Wildman–Crippen MR) is 139 cm³/mol. The first-order valence-electron chi connectivity index (χ1n) is 11.7. The number of aliphatic hydroxyl groups excluding tert-OH is 1. The summed E-state index contributed by atoms with van der Waals surface area (Å²) in [5.74, 6) is 2.17. The van der Waals surface area contributed by atoms with Crippen LogP contribution < -0.4 is 14.9 Å². The first-order valence-corrected chi connectivity index (χ1v) is 13.3. The second kappa shape index (κ2) is 11.6. The van der Waals surface area contributed by atoms with E-state index in [9.17, 15) is 4.79 Å². The van der Waals surface area contributed by atoms with E-state index in [1.807, 2.05) is 23.3 Å². The molecule has 0 aliphatic carbocycles. The summed E-state index contributed by atoms with van der Waals surface area (Å²) in [6.45, 7) is 8.38. The van der Waals surface area contributed by atoms with Crippen molar-refractivity contribution in [2.75, 3.05) is 75.3 Å². The maximum atomic E-state index is 12.7. The number of carbonyl (C=O) groups is 1. The average Bonchev–Trinajstić information content (AvgIpc) is 3.59. The molecule has 1 amide bonds. The third kappa shape index (κ3) is 5.63. The quantitative estimate of drug-likeness (QED) is 0.531. The lowest BCUT2D eigenvalue weighted by molar-refractivity contribution is 0.134. The van der Waals surface area contributed by atoms with Crippen LogP contribution in [0.4, 0.5) is 16.3 Å². The van der Waals surface area contributed by atoms with Gasteiger partial charge in [0.2, 0.25) is 0 Å². The van der Waals surface area contributed by atoms with Gasteiger partial charge in [0.15, 0.2) is 5.82 Å². The SMILES string of the molecule is CO.CSNc1ccn(C(=O)N2CCN(Cc3ccc(Cl)c(N4CC5CNCC5C4)c3)CC2)n1. The molecular weight excluding hydrogens is 474 g/mol. The van der Waals surface area contributed by atoms with Crippen molar-refractivity contribution in [2.45, 2.75) is 6.54 Å². The Labute approximate surface area is 210 Å². The molecule has 0 bridgehead atoms. The molecule has 2 unspecified atom stereocenters. The van der Waals surface area contributed by atoms with Crippen LogP contribution in [0, 0.1) is 11.8 Å². The molecule has 2 atom stereocenters. The number of rotatable bonds is 5. The highest BCUT2D eigenvalue weighted by Crippen LogP contribution is 2.35. The Kier molecular flexibility index (Phi) is 8.60. The van der Waals surface area contributed by atoms with E-state index in [1.54, 1.807) is 6.20 Å². The standard InChI is InChI=1S/C22H30ClN7OS.CH4O/c1-32-26-21-4-5-30(25-21)22(31)28-8-6-27(7-9-28)13-16-2-3-19(23)20(10-16)29-14-17-11-24-12-18(17)15-29;1-2/h2-5,10,17-18,24H,6-9,11-15H2,1H3,(H,25,26);2H,1H3. The first kappa shape index (κ1) is 25.1. The number of carbonyl (C=O) groups excluding carboxylic acids is 1. The molecule has 3 fully saturated rings. The van der Waals surface area contributed by atoms with E-state index in [4.69, 9.17) is 16.7 Å². The van der Waals surface area contributed by atoms with E-state index in [2.05, 4.69) is 37.1 Å². The van der Waals surface area contributed by atoms with Gasteiger partial charge in [-0.25, -0.2) is 4.79 Å². The van der Waals surface area contributed by atoms with Gasteiger partial charge in [-0.1, -0.05) is 29.6 Å². The number of anilines is 2. The lowest BCUT2D eigenvalue weighted by atomic mass is 10.0. The lowest BCUT2D eigenvalue weighted by Crippen LogP contribution is -2.49. The van der Waals surface area contributed by atoms with E-state index in [0.29, 0.717) is 18.9 Å². The predicted octanol–water partition coefficient (Wildman–Crippen LogP) is 2.28. The highest BCUT2D eigenvalue weighted by atomic mass is 35.5. The molecule has 34 heavy (non-hydrogen) atoms. The molecule has 3 aliphatic rings. The van der Waals surface area contributed by atoms with E-state index in [-0.39, 0.29) is 6.03 Å². The highest BCUT2D eigenvalue weighted by Gasteiger charge is 2.36. The Bertz CT molecular complexity index is 955. The van der Waals surface area contributed by atoms with Gasteiger partial charge in [-0.2, -0.15) is 4.68 Å². The fourth-order valence-electron chi connectivity index (χ4n) is 5.04. The minimum atomic E-state index is -0.0679. The van der Waals surface area contributed by atoms with Crippen molar-refractivity contribution < 1.29 is 9.90 Å². The van der Waals surface area contributed by atoms with Gasteiger partial charge in [-0.3, -0.25) is 4.90 Å². The van der Waals surface area contributed by atoms with E-state index >= 15 is 0 Å². The van der Waals surface area contributed by atoms with Gasteiger partial charge in [0.1, 0.15) is 0 Å². The van der Waals surface area contributed by atoms with Crippen LogP contribution >= 0.6 is 23.5 Å². The van der Waals surface area contributed by atoms with Crippen LogP contribution in [-0.4, -0.2) is 96.4 Å². The maximum Gasteiger partial charge on any atom is 0.344 e. The van der Waals surface area contributed by atoms with Gasteiger partial charge in [0.05, 0.1) is 10.7 Å². The van der Waals surface area contributed by atoms with Crippen LogP contribution in [0.5, 0.6) is 0 Å². The summed E-state index contributed by atoms with van der Waals surface area (Å²) in [6, 6.07) is 8.18. The first-order chi connectivity index (χ1) is 16.6. The van der Waals surface area contributed by atoms with Gasteiger partial charge in [0.25, 0.3) is 0 Å². The van der Waals surface area contributed by atoms with Gasteiger partial charge in [0, 0.05) is 84.5 Å². The van der Waals surface area contributed by atoms with Gasteiger partial charge in [-0.15, -0.1) is 5.10 Å². The lowest BCUT2D eigenvalue weighted by Gasteiger charge is -2.34. The van der Waals surface area contributed by atoms with Crippen LogP contribution in [0.2, 0.25) is 5.02 Å². The maximum absolute atomic E-state index is 12.7. The summed E-state index contributed by atoms with van der Waals surface area (Å²) < 4.78 is 4.47. The van der Waals surface area contributed by atoms with Crippen molar-refractivity contribution in [1.82, 2.24) is 24.9 Å². The zero-order valence-corrected chi connectivity index (χ0v) is 21.4. The summed E-state index contributed by atoms with van der Waals surface area (Å²) in [5, 5.41) is 15.6. The third-order valence-corrected chi connectivity index (χ3v) is 7.51. The molecule has 9 nitrogen and oxygen atoms in total. The Morgan fingerprint density at radius 3 is 2.56 bits per heavy atom. The van der Waals surface area contributed by atoms with Crippen molar-refractivity contribution in [3.05, 3.63) is 41.0 Å². The fourth-order valence-corrected chi connectivity index (χ4v) is 5.60. The fraction of sp³-hybridized carbons (Fsp3) is 0.565. The number of hydrogen-bond acceptors (Lipinski definition) is 8. The monoisotopic (exact) mass is 507 g/mol. The molecule has 0 saturated carbocycles. The number of piperazine rings is 1. The highest BCUT2D eigenvalue weighted by molar-refractivity contribution is 7.99. The molecule has 3 saturated heterocycles. The van der Waals surface area contributed by atoms with E-state index in [0.717, 1.165) is 69.8 Å². The van der Waals surface area contributed by atoms with Crippen molar-refractivity contribution in [1.29, 1.82) is 0 Å². The minimum absolute atomic E-state index is 0.0679. The normalized spacial score (nSPS) is 22.4. The number of fused-ring (bicyclic) bond motifs is 1. The van der Waals surface area contributed by atoms with E-state index < -0.39 is 0 Å². The smallest absolute Gasteiger partial charge is 0.344 e. The number of benzene rings is 1. The van der Waals surface area contributed by atoms with Gasteiger partial charge < -0.3 is 24.9 Å². The van der Waals surface area contributed by atoms with E-state index in [1.165, 1.54) is 27.9 Å². The zero-order valence-electron chi connectivity index (χ0n) is 19.8. The second-order valence-electron chi connectivity index (χ2n) is 8.87. The zero-order chi connectivity index (χ0) is 24.1. The molecule has 1 aromatic heterocycles. The molecule has 0 spiro atoms. The third-order valence-electron chi connectivity index (χ3n) is 6.78. The molecule has 3 N–H and O–H groups in total. The Hall–Kier alpha value is -1.98. The van der Waals surface area contributed by atoms with Crippen molar-refractivity contribution in [3.8, 4) is 0 Å². The molecule has 4 heterocycles. The molecular formula is C23H34ClN7O2S. The largest absolute Gasteiger partial charge is 0.400 e. The molecule has 3 aliphatic heterocycles. The number of aliphatic hydroxyl groups is 1. The number of amides is 1. The summed E-state index contributed by atoms with van der Waals surface area (Å²) in [4.78, 5) is 19.5. The second-order valence-corrected chi connectivity index (χ2v) is 9.89. The molecule has 1 aromatic carbocycles. The number of nitrogens with one attached hydrogen (secondary N) is 2. The molecule has 5 rings (SSSR count). The molecule has 0 radical (unpaired) electrons. The van der Waals surface area contributed by atoms with Crippen molar-refractivity contribution in [3.63, 3.8) is 0 Å². The Morgan fingerprint density at radius 1 is 1.18 bits per heavy atom. The van der Waals surface area contributed by atoms with Crippen LogP contribution in [0.3, 0.4) is 0 Å². The van der Waals surface area contributed by atoms with Crippen molar-refractivity contribution >= 4 is 41.1 Å². The van der Waals surface area contributed by atoms with Crippen LogP contribution in [0.1, 0.15) is 5.56 Å². The van der Waals surface area contributed by atoms with Gasteiger partial charge in [-0.05, 0) is 29.5 Å². The van der Waals surface area contributed by atoms with Crippen LogP contribution in [-0.2, 0) is 6.54 Å². The number of halogens is 1. The topological polar surface area (TPSA) is 88.9 Å². The molecule has 11 heteroatoms. The number of hydrogen-bond donors (Lipinski definition) is 3. The van der Waals surface area contributed by atoms with Crippen molar-refractivity contribution in [2.24, 2.45) is 11.8 Å². The average molecular weight is 508 g/mol. The summed E-state index contributed by atoms with van der Waals surface area (Å²) in [5.41, 5.74) is 2.44. The van der Waals surface area contributed by atoms with Crippen LogP contribution in [0.15, 0.2) is 30.5 Å². The molecule has 186 valence electrons. The van der Waals surface area contributed by atoms with Crippen LogP contribution in [0.25, 0.3) is 0 Å². The Morgan fingerprint density at radius 2 is 1.88 bits per heavy atom. The molecule has 2 aromatic rings. The number of nitrogens with zero attached hydrogens (tertiary/aromatic N) is 5. The summed E-state index contributed by atoms with van der Waals surface area (Å²) in [7, 11) is 1.00. The summed E-state index contributed by atoms with van der Waals surface area (Å²) >= 11 is 8.04.